The molecule has 0 saturated heterocycles. The summed E-state index contributed by atoms with van der Waals surface area (Å²) < 4.78 is 14.3. The molecule has 5 aromatic rings. The molecule has 4 aliphatic heterocycles. The van der Waals surface area contributed by atoms with Crippen LogP contribution < -0.4 is 20.1 Å². The van der Waals surface area contributed by atoms with Gasteiger partial charge < -0.3 is 25.0 Å². The highest BCUT2D eigenvalue weighted by molar-refractivity contribution is 5.86. The van der Waals surface area contributed by atoms with E-state index in [0.717, 1.165) is 97.7 Å². The van der Waals surface area contributed by atoms with E-state index in [4.69, 9.17) is 9.47 Å². The minimum atomic E-state index is 0.0763. The fourth-order valence-electron chi connectivity index (χ4n) is 7.03. The van der Waals surface area contributed by atoms with Crippen molar-refractivity contribution in [3.63, 3.8) is 0 Å². The van der Waals surface area contributed by atoms with E-state index in [0.29, 0.717) is 0 Å². The number of pyridine rings is 1. The Balaban J connectivity index is 1.28. The Labute approximate surface area is 298 Å². The van der Waals surface area contributed by atoms with Gasteiger partial charge in [0.1, 0.15) is 23.0 Å². The Morgan fingerprint density at radius 3 is 1.73 bits per heavy atom. The van der Waals surface area contributed by atoms with Crippen LogP contribution in [0.3, 0.4) is 0 Å². The quantitative estimate of drug-likeness (QED) is 0.196. The van der Waals surface area contributed by atoms with Crippen molar-refractivity contribution in [1.82, 2.24) is 20.5 Å². The first-order chi connectivity index (χ1) is 25.2. The molecule has 1 aromatic heterocycles. The molecule has 5 heterocycles. The number of ether oxygens (including phenoxy) is 2. The highest BCUT2D eigenvalue weighted by Gasteiger charge is 2.24. The van der Waals surface area contributed by atoms with Gasteiger partial charge in [0.15, 0.2) is 0 Å². The van der Waals surface area contributed by atoms with E-state index in [-0.39, 0.29) is 6.04 Å². The van der Waals surface area contributed by atoms with E-state index in [1.165, 1.54) is 0 Å². The van der Waals surface area contributed by atoms with Gasteiger partial charge in [-0.25, -0.2) is 0 Å². The number of nitrogens with one attached hydrogen (secondary N) is 2. The topological polar surface area (TPSA) is 58.7 Å². The predicted octanol–water partition coefficient (Wildman–Crippen LogP) is 10.0. The van der Waals surface area contributed by atoms with E-state index in [1.54, 1.807) is 0 Å². The Morgan fingerprint density at radius 2 is 1.18 bits per heavy atom. The van der Waals surface area contributed by atoms with E-state index in [2.05, 4.69) is 161 Å². The van der Waals surface area contributed by atoms with Crippen LogP contribution in [0.15, 0.2) is 158 Å². The number of allylic oxidation sites excluding steroid dienone is 6. The number of hydrogen-bond donors (Lipinski definition) is 2. The summed E-state index contributed by atoms with van der Waals surface area (Å²) >= 11 is 0. The molecular weight excluding hydrogens is 629 g/mol. The zero-order chi connectivity index (χ0) is 34.1. The normalized spacial score (nSPS) is 16.9. The van der Waals surface area contributed by atoms with Crippen molar-refractivity contribution in [1.29, 1.82) is 0 Å². The van der Waals surface area contributed by atoms with Crippen molar-refractivity contribution >= 4 is 11.4 Å². The summed E-state index contributed by atoms with van der Waals surface area (Å²) in [4.78, 5) is 6.86. The Morgan fingerprint density at radius 1 is 0.608 bits per heavy atom. The monoisotopic (exact) mass is 664 g/mol. The van der Waals surface area contributed by atoms with Crippen molar-refractivity contribution in [2.24, 2.45) is 0 Å². The molecule has 0 spiro atoms. The van der Waals surface area contributed by atoms with Crippen molar-refractivity contribution in [3.05, 3.63) is 175 Å². The molecule has 0 radical (unpaired) electrons. The molecule has 9 rings (SSSR count). The minimum Gasteiger partial charge on any atom is -0.456 e. The van der Waals surface area contributed by atoms with Crippen LogP contribution in [0, 0.1) is 0 Å². The van der Waals surface area contributed by atoms with Crippen molar-refractivity contribution < 1.29 is 9.47 Å². The number of aromatic nitrogens is 1. The lowest BCUT2D eigenvalue weighted by Crippen LogP contribution is -2.18. The minimum absolute atomic E-state index is 0.0763. The molecule has 0 saturated carbocycles. The third kappa shape index (κ3) is 5.91. The number of likely N-dealkylation sites (N-methyl/N-ethyl adjacent to an activating group) is 1. The maximum absolute atomic E-state index is 7.16. The standard InChI is InChI=1S/C45H36N4O2/c1-49-25-9-5-13-41(49)33-17-21-37-36-20-16-31(39-11-3-7-23-47-39)27-43(36)50-42-26-30(38-10-2-6-22-46-38)14-18-34(42)35-19-15-32(40-12-4-8-24-48-40)28-44(35)51-45(37)29-33/h2-21,23,25-29,41,46,48H,22,24H2,1H3. The zero-order valence-electron chi connectivity index (χ0n) is 28.2. The SMILES string of the molecule is CN1C=CC=CC1c1ccc2c(c1)Oc1cc(C3=CC=CCN3)ccc1-c1ccc(C3=CC=CCN3)cc1Oc1cc(-c3ccccn3)ccc1-2. The predicted molar refractivity (Wildman–Crippen MR) is 206 cm³/mol. The van der Waals surface area contributed by atoms with Gasteiger partial charge >= 0.3 is 0 Å². The van der Waals surface area contributed by atoms with Crippen LogP contribution in [0.2, 0.25) is 0 Å². The first kappa shape index (κ1) is 30.5. The van der Waals surface area contributed by atoms with E-state index in [9.17, 15) is 0 Å². The first-order valence-corrected chi connectivity index (χ1v) is 17.3. The van der Waals surface area contributed by atoms with E-state index >= 15 is 0 Å². The van der Waals surface area contributed by atoms with Crippen LogP contribution >= 0.6 is 0 Å². The fourth-order valence-corrected chi connectivity index (χ4v) is 7.03. The van der Waals surface area contributed by atoms with Crippen LogP contribution in [0.25, 0.3) is 44.9 Å². The summed E-state index contributed by atoms with van der Waals surface area (Å²) in [5.41, 5.74) is 10.9. The number of fused-ring (bicyclic) bond motifs is 6. The molecule has 0 amide bonds. The zero-order valence-corrected chi connectivity index (χ0v) is 28.2. The summed E-state index contributed by atoms with van der Waals surface area (Å²) in [6, 6.07) is 31.7. The van der Waals surface area contributed by atoms with Crippen LogP contribution in [0.1, 0.15) is 22.7 Å². The van der Waals surface area contributed by atoms with Gasteiger partial charge in [0.2, 0.25) is 0 Å². The fraction of sp³-hybridized carbons (Fsp3) is 0.0889. The summed E-state index contributed by atoms with van der Waals surface area (Å²) in [6.07, 6.45) is 22.9. The summed E-state index contributed by atoms with van der Waals surface area (Å²) in [6.45, 7) is 1.56. The first-order valence-electron chi connectivity index (χ1n) is 17.3. The van der Waals surface area contributed by atoms with Crippen LogP contribution in [0.5, 0.6) is 23.0 Å². The van der Waals surface area contributed by atoms with Crippen molar-refractivity contribution in [3.8, 4) is 56.5 Å². The van der Waals surface area contributed by atoms with Crippen molar-refractivity contribution in [2.45, 2.75) is 6.04 Å². The second-order valence-corrected chi connectivity index (χ2v) is 12.9. The molecule has 6 heteroatoms. The number of benzene rings is 4. The molecule has 1 atom stereocenters. The lowest BCUT2D eigenvalue weighted by atomic mass is 9.94. The van der Waals surface area contributed by atoms with Gasteiger partial charge in [-0.15, -0.1) is 0 Å². The number of dihydropyridines is 2. The third-order valence-electron chi connectivity index (χ3n) is 9.68. The smallest absolute Gasteiger partial charge is 0.136 e. The molecule has 6 nitrogen and oxygen atoms in total. The Hall–Kier alpha value is -6.53. The average Bonchev–Trinajstić information content (AvgIpc) is 3.19. The van der Waals surface area contributed by atoms with Gasteiger partial charge in [-0.2, -0.15) is 0 Å². The number of hydrogen-bond acceptors (Lipinski definition) is 6. The highest BCUT2D eigenvalue weighted by atomic mass is 16.5. The number of nitrogens with zero attached hydrogens (tertiary/aromatic N) is 2. The average molecular weight is 665 g/mol. The largest absolute Gasteiger partial charge is 0.456 e. The maximum Gasteiger partial charge on any atom is 0.136 e. The maximum atomic E-state index is 7.16. The molecule has 0 aliphatic carbocycles. The Bertz CT molecular complexity index is 2350. The van der Waals surface area contributed by atoms with Crippen LogP contribution in [-0.4, -0.2) is 30.0 Å². The molecule has 0 fully saturated rings. The Kier molecular flexibility index (Phi) is 7.82. The molecule has 51 heavy (non-hydrogen) atoms. The lowest BCUT2D eigenvalue weighted by molar-refractivity contribution is 0.388. The second-order valence-electron chi connectivity index (χ2n) is 12.9. The van der Waals surface area contributed by atoms with Crippen LogP contribution in [0.4, 0.5) is 0 Å². The van der Waals surface area contributed by atoms with Gasteiger partial charge in [0, 0.05) is 76.7 Å². The third-order valence-corrected chi connectivity index (χ3v) is 9.68. The van der Waals surface area contributed by atoms with E-state index < -0.39 is 0 Å². The van der Waals surface area contributed by atoms with Gasteiger partial charge in [-0.05, 0) is 84.6 Å². The summed E-state index contributed by atoms with van der Waals surface area (Å²) in [7, 11) is 2.10. The molecule has 248 valence electrons. The lowest BCUT2D eigenvalue weighted by Gasteiger charge is -2.28. The molecule has 1 unspecified atom stereocenters. The van der Waals surface area contributed by atoms with Gasteiger partial charge in [0.05, 0.1) is 11.7 Å². The molecule has 0 bridgehead atoms. The van der Waals surface area contributed by atoms with E-state index in [1.807, 2.05) is 24.4 Å². The highest BCUT2D eigenvalue weighted by Crippen LogP contribution is 2.49. The molecule has 4 aromatic carbocycles. The second kappa shape index (κ2) is 13.1. The number of rotatable bonds is 4. The summed E-state index contributed by atoms with van der Waals surface area (Å²) in [5, 5.41) is 7.02. The van der Waals surface area contributed by atoms with Crippen LogP contribution in [-0.2, 0) is 0 Å². The molecule has 4 aliphatic rings. The van der Waals surface area contributed by atoms with Gasteiger partial charge in [-0.3, -0.25) is 4.98 Å². The molecular formula is C45H36N4O2. The molecule has 2 N–H and O–H groups in total. The summed E-state index contributed by atoms with van der Waals surface area (Å²) in [5.74, 6) is 2.97. The van der Waals surface area contributed by atoms with Gasteiger partial charge in [0.25, 0.3) is 0 Å². The van der Waals surface area contributed by atoms with Crippen molar-refractivity contribution in [2.75, 3.05) is 20.1 Å². The van der Waals surface area contributed by atoms with Gasteiger partial charge in [-0.1, -0.05) is 72.9 Å².